The lowest BCUT2D eigenvalue weighted by Gasteiger charge is -2.28. The molecule has 0 amide bonds. The Kier molecular flexibility index (Phi) is 4.43. The lowest BCUT2D eigenvalue weighted by Crippen LogP contribution is -2.56. The van der Waals surface area contributed by atoms with Crippen molar-refractivity contribution in [3.05, 3.63) is 36.5 Å². The monoisotopic (exact) mass is 288 g/mol. The smallest absolute Gasteiger partial charge is 0.327 e. The Balaban J connectivity index is 2.13. The molecule has 5 nitrogen and oxygen atoms in total. The normalized spacial score (nSPS) is 14.1. The molecule has 1 unspecified atom stereocenters. The highest BCUT2D eigenvalue weighted by Gasteiger charge is 2.34. The minimum atomic E-state index is -1.13. The summed E-state index contributed by atoms with van der Waals surface area (Å²) < 4.78 is 5.66. The van der Waals surface area contributed by atoms with Crippen LogP contribution in [0.25, 0.3) is 10.9 Å². The Morgan fingerprint density at radius 3 is 2.86 bits per heavy atom. The zero-order valence-corrected chi connectivity index (χ0v) is 12.5. The third-order valence-electron chi connectivity index (χ3n) is 3.18. The van der Waals surface area contributed by atoms with Crippen LogP contribution in [0.5, 0.6) is 5.75 Å². The van der Waals surface area contributed by atoms with Gasteiger partial charge in [-0.3, -0.25) is 15.1 Å². The molecule has 112 valence electrons. The molecule has 0 bridgehead atoms. The second-order valence-electron chi connectivity index (χ2n) is 5.58. The largest absolute Gasteiger partial charge is 0.491 e. The van der Waals surface area contributed by atoms with E-state index in [4.69, 9.17) is 4.74 Å². The summed E-state index contributed by atoms with van der Waals surface area (Å²) in [5.74, 6) is -0.325. The van der Waals surface area contributed by atoms with Crippen LogP contribution in [0, 0.1) is 0 Å². The molecule has 0 aliphatic rings. The van der Waals surface area contributed by atoms with Gasteiger partial charge in [-0.2, -0.15) is 0 Å². The number of pyridine rings is 1. The molecule has 0 spiro atoms. The van der Waals surface area contributed by atoms with Crippen molar-refractivity contribution in [2.45, 2.75) is 32.4 Å². The number of aromatic nitrogens is 1. The van der Waals surface area contributed by atoms with Gasteiger partial charge in [-0.25, -0.2) is 0 Å². The van der Waals surface area contributed by atoms with Crippen LogP contribution in [0.4, 0.5) is 0 Å². The van der Waals surface area contributed by atoms with Crippen LogP contribution in [0.15, 0.2) is 36.5 Å². The van der Waals surface area contributed by atoms with Gasteiger partial charge < -0.3 is 9.84 Å². The molecule has 1 aromatic carbocycles. The molecule has 21 heavy (non-hydrogen) atoms. The molecule has 0 radical (unpaired) electrons. The summed E-state index contributed by atoms with van der Waals surface area (Å²) in [6, 6.07) is 9.43. The van der Waals surface area contributed by atoms with Crippen molar-refractivity contribution in [2.75, 3.05) is 6.61 Å². The van der Waals surface area contributed by atoms with E-state index in [9.17, 15) is 9.90 Å². The minimum Gasteiger partial charge on any atom is -0.491 e. The van der Waals surface area contributed by atoms with E-state index in [1.165, 1.54) is 0 Å². The van der Waals surface area contributed by atoms with E-state index >= 15 is 0 Å². The van der Waals surface area contributed by atoms with Gasteiger partial charge in [0, 0.05) is 23.7 Å². The molecule has 1 heterocycles. The standard InChI is InChI=1S/C16H20N2O3/c1-11(2)18-16(3,15(19)20)10-21-13-7-6-12-5-4-8-17-14(12)9-13/h4-9,11,18H,10H2,1-3H3,(H,19,20). The van der Waals surface area contributed by atoms with Gasteiger partial charge in [0.15, 0.2) is 0 Å². The number of nitrogens with zero attached hydrogens (tertiary/aromatic N) is 1. The molecule has 2 rings (SSSR count). The number of fused-ring (bicyclic) bond motifs is 1. The predicted molar refractivity (Wildman–Crippen MR) is 81.6 cm³/mol. The number of nitrogens with one attached hydrogen (secondary N) is 1. The number of hydrogen-bond donors (Lipinski definition) is 2. The minimum absolute atomic E-state index is 0.0405. The molecular weight excluding hydrogens is 268 g/mol. The number of carboxylic acid groups (broad SMARTS) is 1. The van der Waals surface area contributed by atoms with Crippen LogP contribution < -0.4 is 10.1 Å². The second-order valence-corrected chi connectivity index (χ2v) is 5.58. The fourth-order valence-corrected chi connectivity index (χ4v) is 2.17. The summed E-state index contributed by atoms with van der Waals surface area (Å²) in [6.07, 6.45) is 1.72. The topological polar surface area (TPSA) is 71.5 Å². The van der Waals surface area contributed by atoms with Crippen LogP contribution in [-0.4, -0.2) is 34.2 Å². The number of rotatable bonds is 6. The third kappa shape index (κ3) is 3.70. The molecule has 0 saturated heterocycles. The first-order valence-electron chi connectivity index (χ1n) is 6.89. The van der Waals surface area contributed by atoms with E-state index in [-0.39, 0.29) is 12.6 Å². The summed E-state index contributed by atoms with van der Waals surface area (Å²) in [5, 5.41) is 13.4. The van der Waals surface area contributed by atoms with E-state index in [1.807, 2.05) is 44.2 Å². The highest BCUT2D eigenvalue weighted by atomic mass is 16.5. The lowest BCUT2D eigenvalue weighted by molar-refractivity contribution is -0.145. The summed E-state index contributed by atoms with van der Waals surface area (Å²) in [4.78, 5) is 15.7. The third-order valence-corrected chi connectivity index (χ3v) is 3.18. The van der Waals surface area contributed by atoms with Crippen molar-refractivity contribution >= 4 is 16.9 Å². The van der Waals surface area contributed by atoms with Crippen LogP contribution >= 0.6 is 0 Å². The van der Waals surface area contributed by atoms with Gasteiger partial charge in [0.05, 0.1) is 5.52 Å². The molecule has 5 heteroatoms. The van der Waals surface area contributed by atoms with E-state index in [0.29, 0.717) is 5.75 Å². The first-order valence-corrected chi connectivity index (χ1v) is 6.89. The Labute approximate surface area is 124 Å². The van der Waals surface area contributed by atoms with Crippen molar-refractivity contribution in [1.82, 2.24) is 10.3 Å². The Hall–Kier alpha value is -2.14. The Bertz CT molecular complexity index is 642. The molecule has 2 N–H and O–H groups in total. The average molecular weight is 288 g/mol. The summed E-state index contributed by atoms with van der Waals surface area (Å²) in [6.45, 7) is 5.47. The van der Waals surface area contributed by atoms with Gasteiger partial charge in [-0.05, 0) is 39.0 Å². The molecule has 2 aromatic rings. The van der Waals surface area contributed by atoms with Crippen molar-refractivity contribution in [2.24, 2.45) is 0 Å². The van der Waals surface area contributed by atoms with Crippen LogP contribution in [0.1, 0.15) is 20.8 Å². The fourth-order valence-electron chi connectivity index (χ4n) is 2.17. The lowest BCUT2D eigenvalue weighted by atomic mass is 10.0. The number of ether oxygens (including phenoxy) is 1. The molecular formula is C16H20N2O3. The maximum atomic E-state index is 11.4. The molecule has 0 aliphatic heterocycles. The quantitative estimate of drug-likeness (QED) is 0.854. The fraction of sp³-hybridized carbons (Fsp3) is 0.375. The molecule has 0 fully saturated rings. The summed E-state index contributed by atoms with van der Waals surface area (Å²) in [7, 11) is 0. The van der Waals surface area contributed by atoms with E-state index < -0.39 is 11.5 Å². The number of benzene rings is 1. The van der Waals surface area contributed by atoms with Crippen molar-refractivity contribution in [3.63, 3.8) is 0 Å². The maximum absolute atomic E-state index is 11.4. The SMILES string of the molecule is CC(C)NC(C)(COc1ccc2cccnc2c1)C(=O)O. The average Bonchev–Trinajstić information content (AvgIpc) is 2.44. The molecule has 0 aliphatic carbocycles. The zero-order valence-electron chi connectivity index (χ0n) is 12.5. The summed E-state index contributed by atoms with van der Waals surface area (Å²) >= 11 is 0. The highest BCUT2D eigenvalue weighted by molar-refractivity contribution is 5.80. The first kappa shape index (κ1) is 15.3. The van der Waals surface area contributed by atoms with Gasteiger partial charge in [-0.15, -0.1) is 0 Å². The van der Waals surface area contributed by atoms with Gasteiger partial charge in [0.2, 0.25) is 0 Å². The van der Waals surface area contributed by atoms with E-state index in [1.54, 1.807) is 13.1 Å². The Morgan fingerprint density at radius 1 is 1.43 bits per heavy atom. The first-order chi connectivity index (χ1) is 9.90. The van der Waals surface area contributed by atoms with Gasteiger partial charge in [0.25, 0.3) is 0 Å². The van der Waals surface area contributed by atoms with Crippen molar-refractivity contribution < 1.29 is 14.6 Å². The van der Waals surface area contributed by atoms with E-state index in [2.05, 4.69) is 10.3 Å². The number of carbonyl (C=O) groups is 1. The van der Waals surface area contributed by atoms with Crippen LogP contribution in [0.3, 0.4) is 0 Å². The van der Waals surface area contributed by atoms with Gasteiger partial charge in [-0.1, -0.05) is 6.07 Å². The Morgan fingerprint density at radius 2 is 2.19 bits per heavy atom. The van der Waals surface area contributed by atoms with Crippen molar-refractivity contribution in [3.8, 4) is 5.75 Å². The molecule has 1 aromatic heterocycles. The summed E-state index contributed by atoms with van der Waals surface area (Å²) in [5.41, 5.74) is -0.309. The second kappa shape index (κ2) is 6.10. The molecule has 1 atom stereocenters. The van der Waals surface area contributed by atoms with Gasteiger partial charge in [0.1, 0.15) is 17.9 Å². The number of aliphatic carboxylic acids is 1. The van der Waals surface area contributed by atoms with Gasteiger partial charge >= 0.3 is 5.97 Å². The highest BCUT2D eigenvalue weighted by Crippen LogP contribution is 2.20. The van der Waals surface area contributed by atoms with E-state index in [0.717, 1.165) is 10.9 Å². The van der Waals surface area contributed by atoms with Crippen LogP contribution in [-0.2, 0) is 4.79 Å². The number of carboxylic acids is 1. The van der Waals surface area contributed by atoms with Crippen LogP contribution in [0.2, 0.25) is 0 Å². The van der Waals surface area contributed by atoms with Crippen molar-refractivity contribution in [1.29, 1.82) is 0 Å². The number of hydrogen-bond acceptors (Lipinski definition) is 4. The maximum Gasteiger partial charge on any atom is 0.327 e. The predicted octanol–water partition coefficient (Wildman–Crippen LogP) is 2.45. The molecule has 0 saturated carbocycles. The zero-order chi connectivity index (χ0) is 15.5.